The molecule has 0 heterocycles. The first-order valence-electron chi connectivity index (χ1n) is 11.2. The van der Waals surface area contributed by atoms with E-state index < -0.39 is 9.84 Å². The third-order valence-corrected chi connectivity index (χ3v) is 9.24. The van der Waals surface area contributed by atoms with Gasteiger partial charge in [0.1, 0.15) is 0 Å². The summed E-state index contributed by atoms with van der Waals surface area (Å²) in [4.78, 5) is 0. The lowest BCUT2D eigenvalue weighted by Crippen LogP contribution is -2.28. The van der Waals surface area contributed by atoms with Gasteiger partial charge in [0.15, 0.2) is 9.84 Å². The zero-order chi connectivity index (χ0) is 18.1. The summed E-state index contributed by atoms with van der Waals surface area (Å²) in [5, 5.41) is -0.212. The highest BCUT2D eigenvalue weighted by Crippen LogP contribution is 2.43. The maximum Gasteiger partial charge on any atom is 0.152 e. The zero-order valence-electron chi connectivity index (χ0n) is 16.8. The van der Waals surface area contributed by atoms with Crippen molar-refractivity contribution in [3.63, 3.8) is 0 Å². The van der Waals surface area contributed by atoms with Gasteiger partial charge in [-0.25, -0.2) is 8.42 Å². The van der Waals surface area contributed by atoms with Crippen LogP contribution in [0.15, 0.2) is 0 Å². The van der Waals surface area contributed by atoms with Crippen molar-refractivity contribution in [3.8, 4) is 0 Å². The van der Waals surface area contributed by atoms with Crippen LogP contribution in [0.2, 0.25) is 0 Å². The van der Waals surface area contributed by atoms with Crippen molar-refractivity contribution in [1.29, 1.82) is 0 Å². The van der Waals surface area contributed by atoms with Crippen LogP contribution in [0.4, 0.5) is 0 Å². The lowest BCUT2D eigenvalue weighted by atomic mass is 9.67. The van der Waals surface area contributed by atoms with Crippen molar-refractivity contribution in [2.45, 2.75) is 115 Å². The highest BCUT2D eigenvalue weighted by molar-refractivity contribution is 7.91. The SMILES string of the molecule is CC(C)S(=O)(=O)CCCCCCCC1CCCCC1C1CCCCC1. The summed E-state index contributed by atoms with van der Waals surface area (Å²) in [7, 11) is -2.83. The summed E-state index contributed by atoms with van der Waals surface area (Å²) in [6, 6.07) is 0. The molecule has 0 radical (unpaired) electrons. The minimum absolute atomic E-state index is 0.212. The van der Waals surface area contributed by atoms with E-state index in [1.165, 1.54) is 83.5 Å². The van der Waals surface area contributed by atoms with Crippen LogP contribution in [-0.2, 0) is 9.84 Å². The molecule has 2 fully saturated rings. The number of hydrogen-bond donors (Lipinski definition) is 0. The van der Waals surface area contributed by atoms with Crippen molar-refractivity contribution in [2.75, 3.05) is 5.75 Å². The normalized spacial score (nSPS) is 26.2. The second-order valence-electron chi connectivity index (χ2n) is 9.08. The minimum atomic E-state index is -2.83. The summed E-state index contributed by atoms with van der Waals surface area (Å²) in [5.74, 6) is 3.46. The Morgan fingerprint density at radius 3 is 2.08 bits per heavy atom. The Bertz CT molecular complexity index is 449. The number of hydrogen-bond acceptors (Lipinski definition) is 2. The first-order valence-corrected chi connectivity index (χ1v) is 12.9. The molecule has 0 bridgehead atoms. The molecule has 0 aliphatic heterocycles. The van der Waals surface area contributed by atoms with Crippen LogP contribution in [0.1, 0.15) is 110 Å². The molecule has 2 unspecified atom stereocenters. The van der Waals surface area contributed by atoms with E-state index in [4.69, 9.17) is 0 Å². The van der Waals surface area contributed by atoms with Crippen molar-refractivity contribution in [3.05, 3.63) is 0 Å². The molecular formula is C22H42O2S. The van der Waals surface area contributed by atoms with Gasteiger partial charge in [0.05, 0.1) is 11.0 Å². The van der Waals surface area contributed by atoms with Crippen LogP contribution in [0.3, 0.4) is 0 Å². The smallest absolute Gasteiger partial charge is 0.152 e. The predicted octanol–water partition coefficient (Wildman–Crippen LogP) is 6.54. The molecule has 148 valence electrons. The molecule has 0 aromatic carbocycles. The average Bonchev–Trinajstić information content (AvgIpc) is 2.62. The Labute approximate surface area is 157 Å². The lowest BCUT2D eigenvalue weighted by Gasteiger charge is -2.39. The fourth-order valence-electron chi connectivity index (χ4n) is 5.25. The number of rotatable bonds is 10. The molecule has 2 atom stereocenters. The van der Waals surface area contributed by atoms with E-state index in [1.54, 1.807) is 13.8 Å². The zero-order valence-corrected chi connectivity index (χ0v) is 17.7. The molecule has 2 rings (SSSR count). The summed E-state index contributed by atoms with van der Waals surface area (Å²) in [6.07, 6.45) is 20.6. The van der Waals surface area contributed by atoms with Crippen LogP contribution in [-0.4, -0.2) is 19.4 Å². The second-order valence-corrected chi connectivity index (χ2v) is 11.8. The molecule has 0 spiro atoms. The molecule has 2 nitrogen and oxygen atoms in total. The highest BCUT2D eigenvalue weighted by atomic mass is 32.2. The Morgan fingerprint density at radius 2 is 1.36 bits per heavy atom. The summed E-state index contributed by atoms with van der Waals surface area (Å²) < 4.78 is 23.6. The molecule has 0 aromatic heterocycles. The van der Waals surface area contributed by atoms with Crippen LogP contribution in [0.5, 0.6) is 0 Å². The first-order chi connectivity index (χ1) is 12.0. The van der Waals surface area contributed by atoms with Crippen LogP contribution < -0.4 is 0 Å². The van der Waals surface area contributed by atoms with E-state index in [0.717, 1.165) is 30.6 Å². The van der Waals surface area contributed by atoms with Gasteiger partial charge in [0.25, 0.3) is 0 Å². The topological polar surface area (TPSA) is 34.1 Å². The summed E-state index contributed by atoms with van der Waals surface area (Å²) >= 11 is 0. The predicted molar refractivity (Wildman–Crippen MR) is 109 cm³/mol. The molecule has 2 saturated carbocycles. The Kier molecular flexibility index (Phi) is 9.30. The fourth-order valence-corrected chi connectivity index (χ4v) is 6.33. The molecule has 2 aliphatic rings. The summed E-state index contributed by atoms with van der Waals surface area (Å²) in [5.41, 5.74) is 0. The molecule has 3 heteroatoms. The van der Waals surface area contributed by atoms with Crippen molar-refractivity contribution >= 4 is 9.84 Å². The van der Waals surface area contributed by atoms with Gasteiger partial charge in [-0.3, -0.25) is 0 Å². The van der Waals surface area contributed by atoms with Gasteiger partial charge in [-0.05, 0) is 44.4 Å². The monoisotopic (exact) mass is 370 g/mol. The van der Waals surface area contributed by atoms with Gasteiger partial charge in [-0.2, -0.15) is 0 Å². The van der Waals surface area contributed by atoms with Crippen molar-refractivity contribution in [2.24, 2.45) is 17.8 Å². The third-order valence-electron chi connectivity index (χ3n) is 6.95. The van der Waals surface area contributed by atoms with E-state index >= 15 is 0 Å². The van der Waals surface area contributed by atoms with Gasteiger partial charge in [-0.1, -0.05) is 83.5 Å². The molecule has 2 aliphatic carbocycles. The van der Waals surface area contributed by atoms with Gasteiger partial charge in [-0.15, -0.1) is 0 Å². The standard InChI is InChI=1S/C22H42O2S/c1-19(2)25(23,24)18-12-5-3-4-7-13-21-16-10-11-17-22(21)20-14-8-6-9-15-20/h19-22H,3-18H2,1-2H3. The molecule has 0 amide bonds. The maximum atomic E-state index is 11.8. The molecule has 0 aromatic rings. The number of sulfone groups is 1. The van der Waals surface area contributed by atoms with E-state index in [1.807, 2.05) is 0 Å². The third kappa shape index (κ3) is 7.23. The second kappa shape index (κ2) is 10.9. The average molecular weight is 371 g/mol. The maximum absolute atomic E-state index is 11.8. The minimum Gasteiger partial charge on any atom is -0.229 e. The Hall–Kier alpha value is -0.0500. The Balaban J connectivity index is 1.59. The lowest BCUT2D eigenvalue weighted by molar-refractivity contribution is 0.120. The van der Waals surface area contributed by atoms with Gasteiger partial charge in [0.2, 0.25) is 0 Å². The highest BCUT2D eigenvalue weighted by Gasteiger charge is 2.31. The van der Waals surface area contributed by atoms with E-state index in [2.05, 4.69) is 0 Å². The van der Waals surface area contributed by atoms with E-state index in [9.17, 15) is 8.42 Å². The van der Waals surface area contributed by atoms with Gasteiger partial charge < -0.3 is 0 Å². The van der Waals surface area contributed by atoms with Gasteiger partial charge >= 0.3 is 0 Å². The quantitative estimate of drug-likeness (QED) is 0.409. The molecule has 0 saturated heterocycles. The Morgan fingerprint density at radius 1 is 0.760 bits per heavy atom. The molecular weight excluding hydrogens is 328 g/mol. The van der Waals surface area contributed by atoms with E-state index in [-0.39, 0.29) is 5.25 Å². The fraction of sp³-hybridized carbons (Fsp3) is 1.00. The van der Waals surface area contributed by atoms with Crippen LogP contribution in [0.25, 0.3) is 0 Å². The van der Waals surface area contributed by atoms with Crippen molar-refractivity contribution in [1.82, 2.24) is 0 Å². The van der Waals surface area contributed by atoms with E-state index in [0.29, 0.717) is 5.75 Å². The van der Waals surface area contributed by atoms with Crippen molar-refractivity contribution < 1.29 is 8.42 Å². The largest absolute Gasteiger partial charge is 0.229 e. The van der Waals surface area contributed by atoms with Crippen LogP contribution in [0, 0.1) is 17.8 Å². The molecule has 25 heavy (non-hydrogen) atoms. The van der Waals surface area contributed by atoms with Crippen LogP contribution >= 0.6 is 0 Å². The summed E-state index contributed by atoms with van der Waals surface area (Å²) in [6.45, 7) is 3.59. The molecule has 0 N–H and O–H groups in total. The number of unbranched alkanes of at least 4 members (excludes halogenated alkanes) is 4. The first kappa shape index (κ1) is 21.3. The van der Waals surface area contributed by atoms with Gasteiger partial charge in [0, 0.05) is 0 Å².